The average molecular weight is 517 g/mol. The summed E-state index contributed by atoms with van der Waals surface area (Å²) in [4.78, 5) is 15.2. The van der Waals surface area contributed by atoms with E-state index in [0.717, 1.165) is 48.4 Å². The Morgan fingerprint density at radius 2 is 1.59 bits per heavy atom. The van der Waals surface area contributed by atoms with Crippen molar-refractivity contribution in [1.29, 1.82) is 0 Å². The number of piperidine rings is 1. The molecule has 2 aliphatic rings. The van der Waals surface area contributed by atoms with E-state index in [1.807, 2.05) is 66.7 Å². The van der Waals surface area contributed by atoms with Crippen LogP contribution < -0.4 is 14.9 Å². The molecule has 3 aromatic rings. The minimum absolute atomic E-state index is 0.0995. The van der Waals surface area contributed by atoms with Crippen molar-refractivity contribution in [2.75, 3.05) is 47.4 Å². The SMILES string of the molecule is CN(c1ccc(NC(=C2C(=O)Nc3ccccc32)c2ccccc2)cc1)S(=O)(=O)CCN1CCCCC1. The second-order valence-corrected chi connectivity index (χ2v) is 11.6. The number of amides is 1. The van der Waals surface area contributed by atoms with Crippen LogP contribution in [0.3, 0.4) is 0 Å². The summed E-state index contributed by atoms with van der Waals surface area (Å²) in [5.74, 6) is -0.0638. The van der Waals surface area contributed by atoms with E-state index >= 15 is 0 Å². The Morgan fingerprint density at radius 3 is 2.32 bits per heavy atom. The molecular weight excluding hydrogens is 484 g/mol. The molecule has 1 amide bonds. The van der Waals surface area contributed by atoms with Gasteiger partial charge < -0.3 is 15.5 Å². The van der Waals surface area contributed by atoms with Gasteiger partial charge in [-0.25, -0.2) is 8.42 Å². The van der Waals surface area contributed by atoms with Gasteiger partial charge >= 0.3 is 0 Å². The van der Waals surface area contributed by atoms with Crippen molar-refractivity contribution >= 4 is 44.3 Å². The Morgan fingerprint density at radius 1 is 0.919 bits per heavy atom. The van der Waals surface area contributed by atoms with Crippen LogP contribution >= 0.6 is 0 Å². The largest absolute Gasteiger partial charge is 0.354 e. The van der Waals surface area contributed by atoms with Gasteiger partial charge in [-0.05, 0) is 61.8 Å². The minimum atomic E-state index is -3.44. The van der Waals surface area contributed by atoms with Gasteiger partial charge in [0.2, 0.25) is 10.0 Å². The van der Waals surface area contributed by atoms with Gasteiger partial charge in [-0.3, -0.25) is 9.10 Å². The first-order valence-corrected chi connectivity index (χ1v) is 14.3. The number of carbonyl (C=O) groups is 1. The summed E-state index contributed by atoms with van der Waals surface area (Å²) in [6.07, 6.45) is 3.50. The van der Waals surface area contributed by atoms with Crippen LogP contribution in [-0.4, -0.2) is 51.7 Å². The highest BCUT2D eigenvalue weighted by Crippen LogP contribution is 2.37. The zero-order valence-corrected chi connectivity index (χ0v) is 21.8. The molecule has 1 fully saturated rings. The molecule has 0 radical (unpaired) electrons. The van der Waals surface area contributed by atoms with Crippen LogP contribution in [0.5, 0.6) is 0 Å². The van der Waals surface area contributed by atoms with Crippen LogP contribution in [0.4, 0.5) is 17.1 Å². The molecule has 5 rings (SSSR count). The number of anilines is 3. The van der Waals surface area contributed by atoms with E-state index in [2.05, 4.69) is 15.5 Å². The quantitative estimate of drug-likeness (QED) is 0.418. The van der Waals surface area contributed by atoms with Gasteiger partial charge in [-0.15, -0.1) is 0 Å². The Bertz CT molecular complexity index is 1400. The number of hydrogen-bond acceptors (Lipinski definition) is 5. The molecule has 192 valence electrons. The fourth-order valence-corrected chi connectivity index (χ4v) is 6.08. The lowest BCUT2D eigenvalue weighted by molar-refractivity contribution is -0.110. The van der Waals surface area contributed by atoms with Crippen LogP contribution in [0.15, 0.2) is 78.9 Å². The number of rotatable bonds is 8. The second-order valence-electron chi connectivity index (χ2n) is 9.47. The Balaban J connectivity index is 1.38. The first kappa shape index (κ1) is 25.0. The normalized spacial score (nSPS) is 17.2. The summed E-state index contributed by atoms with van der Waals surface area (Å²) >= 11 is 0. The lowest BCUT2D eigenvalue weighted by Gasteiger charge is -2.27. The molecule has 8 heteroatoms. The van der Waals surface area contributed by atoms with Gasteiger partial charge in [0.25, 0.3) is 5.91 Å². The maximum atomic E-state index is 13.0. The standard InChI is InChI=1S/C29H32N4O3S/c1-32(37(35,36)21-20-33-18-8-3-9-19-33)24-16-14-23(15-17-24)30-28(22-10-4-2-5-11-22)27-25-12-6-7-13-26(25)31-29(27)34/h2,4-7,10-17,30H,3,8-9,18-21H2,1H3,(H,31,34). The van der Waals surface area contributed by atoms with Crippen molar-refractivity contribution in [3.8, 4) is 0 Å². The number of nitrogens with one attached hydrogen (secondary N) is 2. The summed E-state index contributed by atoms with van der Waals surface area (Å²) in [5, 5.41) is 6.37. The topological polar surface area (TPSA) is 81.8 Å². The highest BCUT2D eigenvalue weighted by molar-refractivity contribution is 7.92. The van der Waals surface area contributed by atoms with Gasteiger partial charge in [0.15, 0.2) is 0 Å². The Labute approximate surface area is 218 Å². The van der Waals surface area contributed by atoms with Crippen molar-refractivity contribution in [3.05, 3.63) is 90.0 Å². The lowest BCUT2D eigenvalue weighted by Crippen LogP contribution is -2.38. The predicted molar refractivity (Wildman–Crippen MR) is 151 cm³/mol. The second kappa shape index (κ2) is 10.8. The van der Waals surface area contributed by atoms with E-state index in [1.165, 1.54) is 10.7 Å². The van der Waals surface area contributed by atoms with Gasteiger partial charge in [0.1, 0.15) is 0 Å². The zero-order valence-electron chi connectivity index (χ0n) is 21.0. The first-order chi connectivity index (χ1) is 17.9. The van der Waals surface area contributed by atoms with Crippen molar-refractivity contribution in [2.24, 2.45) is 0 Å². The molecule has 2 heterocycles. The molecule has 0 spiro atoms. The van der Waals surface area contributed by atoms with Gasteiger partial charge in [0, 0.05) is 30.5 Å². The molecule has 1 saturated heterocycles. The number of benzene rings is 3. The molecule has 0 saturated carbocycles. The number of carbonyl (C=O) groups excluding carboxylic acids is 1. The molecule has 0 bridgehead atoms. The third kappa shape index (κ3) is 5.55. The third-order valence-corrected chi connectivity index (χ3v) is 8.76. The van der Waals surface area contributed by atoms with Crippen molar-refractivity contribution in [1.82, 2.24) is 4.90 Å². The monoisotopic (exact) mass is 516 g/mol. The summed E-state index contributed by atoms with van der Waals surface area (Å²) in [6.45, 7) is 2.51. The number of likely N-dealkylation sites (tertiary alicyclic amines) is 1. The minimum Gasteiger partial charge on any atom is -0.354 e. The van der Waals surface area contributed by atoms with E-state index < -0.39 is 10.0 Å². The van der Waals surface area contributed by atoms with Crippen molar-refractivity contribution in [3.63, 3.8) is 0 Å². The summed E-state index contributed by atoms with van der Waals surface area (Å²) in [6, 6.07) is 24.6. The Kier molecular flexibility index (Phi) is 7.30. The average Bonchev–Trinajstić information content (AvgIpc) is 3.27. The maximum Gasteiger partial charge on any atom is 0.258 e. The zero-order chi connectivity index (χ0) is 25.8. The molecule has 0 unspecified atom stereocenters. The van der Waals surface area contributed by atoms with E-state index in [9.17, 15) is 13.2 Å². The van der Waals surface area contributed by atoms with E-state index in [4.69, 9.17) is 0 Å². The third-order valence-electron chi connectivity index (χ3n) is 7.02. The highest BCUT2D eigenvalue weighted by atomic mass is 32.2. The fourth-order valence-electron chi connectivity index (χ4n) is 4.87. The molecule has 2 N–H and O–H groups in total. The maximum absolute atomic E-state index is 13.0. The number of sulfonamides is 1. The molecular formula is C29H32N4O3S. The van der Waals surface area contributed by atoms with Gasteiger partial charge in [0.05, 0.1) is 22.7 Å². The highest BCUT2D eigenvalue weighted by Gasteiger charge is 2.28. The van der Waals surface area contributed by atoms with Crippen LogP contribution in [0.2, 0.25) is 0 Å². The van der Waals surface area contributed by atoms with E-state index in [1.54, 1.807) is 19.2 Å². The summed E-state index contributed by atoms with van der Waals surface area (Å²) < 4.78 is 27.3. The van der Waals surface area contributed by atoms with Gasteiger partial charge in [-0.1, -0.05) is 55.0 Å². The molecule has 3 aromatic carbocycles. The summed E-state index contributed by atoms with van der Waals surface area (Å²) in [7, 11) is -1.83. The summed E-state index contributed by atoms with van der Waals surface area (Å²) in [5.41, 5.74) is 5.13. The molecule has 0 aliphatic carbocycles. The number of para-hydroxylation sites is 1. The number of nitrogens with zero attached hydrogens (tertiary/aromatic N) is 2. The molecule has 7 nitrogen and oxygen atoms in total. The van der Waals surface area contributed by atoms with E-state index in [0.29, 0.717) is 23.5 Å². The van der Waals surface area contributed by atoms with Crippen molar-refractivity contribution in [2.45, 2.75) is 19.3 Å². The predicted octanol–water partition coefficient (Wildman–Crippen LogP) is 4.87. The lowest BCUT2D eigenvalue weighted by atomic mass is 10.00. The van der Waals surface area contributed by atoms with Crippen LogP contribution in [0.1, 0.15) is 30.4 Å². The van der Waals surface area contributed by atoms with Crippen LogP contribution in [-0.2, 0) is 14.8 Å². The Hall–Kier alpha value is -3.62. The number of fused-ring (bicyclic) bond motifs is 1. The number of hydrogen-bond donors (Lipinski definition) is 2. The molecule has 37 heavy (non-hydrogen) atoms. The smallest absolute Gasteiger partial charge is 0.258 e. The van der Waals surface area contributed by atoms with E-state index in [-0.39, 0.29) is 11.7 Å². The molecule has 0 atom stereocenters. The molecule has 0 aromatic heterocycles. The fraction of sp³-hybridized carbons (Fsp3) is 0.276. The first-order valence-electron chi connectivity index (χ1n) is 12.7. The van der Waals surface area contributed by atoms with Crippen LogP contribution in [0, 0.1) is 0 Å². The van der Waals surface area contributed by atoms with Gasteiger partial charge in [-0.2, -0.15) is 0 Å². The molecule has 2 aliphatic heterocycles. The van der Waals surface area contributed by atoms with Crippen LogP contribution in [0.25, 0.3) is 11.3 Å². The van der Waals surface area contributed by atoms with Crippen molar-refractivity contribution < 1.29 is 13.2 Å².